The van der Waals surface area contributed by atoms with Crippen LogP contribution in [-0.4, -0.2) is 15.0 Å². The average Bonchev–Trinajstić information content (AvgIpc) is 2.40. The van der Waals surface area contributed by atoms with E-state index >= 15 is 0 Å². The van der Waals surface area contributed by atoms with E-state index in [1.54, 1.807) is 6.33 Å². The van der Waals surface area contributed by atoms with Gasteiger partial charge in [-0.2, -0.15) is 0 Å². The van der Waals surface area contributed by atoms with E-state index in [2.05, 4.69) is 69.5 Å². The maximum absolute atomic E-state index is 4.25. The first-order valence-electron chi connectivity index (χ1n) is 8.14. The van der Waals surface area contributed by atoms with Gasteiger partial charge in [-0.25, -0.2) is 9.97 Å². The van der Waals surface area contributed by atoms with Crippen LogP contribution in [0.5, 0.6) is 0 Å². The van der Waals surface area contributed by atoms with E-state index < -0.39 is 0 Å². The summed E-state index contributed by atoms with van der Waals surface area (Å²) in [6, 6.07) is 4.20. The largest absolute Gasteiger partial charge is 0.261 e. The lowest BCUT2D eigenvalue weighted by atomic mass is 9.85. The molecule has 0 unspecified atom stereocenters. The van der Waals surface area contributed by atoms with E-state index in [4.69, 9.17) is 0 Å². The average molecular weight is 330 g/mol. The lowest BCUT2D eigenvalue weighted by Gasteiger charge is -2.21. The van der Waals surface area contributed by atoms with E-state index in [9.17, 15) is 0 Å². The van der Waals surface area contributed by atoms with Gasteiger partial charge in [-0.15, -0.1) is 0 Å². The SMILES string of the molecule is C.Cc1cc(C(C)(C)C)c(C)cn1.Cc1cc(C(C)(C)C)ncn1. The van der Waals surface area contributed by atoms with Crippen LogP contribution in [-0.2, 0) is 10.8 Å². The first kappa shape index (κ1) is 22.2. The van der Waals surface area contributed by atoms with Crippen LogP contribution in [0.25, 0.3) is 0 Å². The van der Waals surface area contributed by atoms with Crippen molar-refractivity contribution < 1.29 is 0 Å². The highest BCUT2D eigenvalue weighted by molar-refractivity contribution is 5.31. The third-order valence-corrected chi connectivity index (χ3v) is 3.62. The van der Waals surface area contributed by atoms with Gasteiger partial charge in [0.05, 0.1) is 0 Å². The minimum absolute atomic E-state index is 0. The molecule has 0 N–H and O–H groups in total. The summed E-state index contributed by atoms with van der Waals surface area (Å²) >= 11 is 0. The van der Waals surface area contributed by atoms with E-state index in [0.29, 0.717) is 0 Å². The summed E-state index contributed by atoms with van der Waals surface area (Å²) < 4.78 is 0. The quantitative estimate of drug-likeness (QED) is 0.621. The van der Waals surface area contributed by atoms with E-state index in [1.807, 2.05) is 26.1 Å². The second-order valence-corrected chi connectivity index (χ2v) is 8.19. The molecule has 0 bridgehead atoms. The molecule has 2 aromatic rings. The highest BCUT2D eigenvalue weighted by atomic mass is 14.8. The molecule has 2 heterocycles. The van der Waals surface area contributed by atoms with Crippen molar-refractivity contribution in [2.24, 2.45) is 0 Å². The van der Waals surface area contributed by atoms with Crippen molar-refractivity contribution in [2.75, 3.05) is 0 Å². The molecule has 0 spiro atoms. The third-order valence-electron chi connectivity index (χ3n) is 3.62. The standard InChI is InChI=1S/C11H17N.C9H14N2.CH4/c1-8-7-12-9(2)6-10(8)11(3,4)5;1-7-5-8(9(2,3)4)11-6-10-7;/h6-7H,1-5H3;5-6H,1-4H3;1H4. The third kappa shape index (κ3) is 6.77. The summed E-state index contributed by atoms with van der Waals surface area (Å²) in [5.41, 5.74) is 6.29. The number of pyridine rings is 1. The number of aryl methyl sites for hydroxylation is 3. The summed E-state index contributed by atoms with van der Waals surface area (Å²) in [4.78, 5) is 12.5. The van der Waals surface area contributed by atoms with Crippen molar-refractivity contribution >= 4 is 0 Å². The van der Waals surface area contributed by atoms with Crippen LogP contribution in [0.15, 0.2) is 24.7 Å². The molecular formula is C21H35N3. The number of hydrogen-bond donors (Lipinski definition) is 0. The molecule has 0 aromatic carbocycles. The lowest BCUT2D eigenvalue weighted by Crippen LogP contribution is -2.13. The zero-order chi connectivity index (χ0) is 17.8. The van der Waals surface area contributed by atoms with Crippen molar-refractivity contribution in [1.82, 2.24) is 15.0 Å². The van der Waals surface area contributed by atoms with Crippen LogP contribution in [0.2, 0.25) is 0 Å². The second kappa shape index (κ2) is 8.36. The van der Waals surface area contributed by atoms with E-state index in [0.717, 1.165) is 17.1 Å². The van der Waals surface area contributed by atoms with Crippen LogP contribution >= 0.6 is 0 Å². The summed E-state index contributed by atoms with van der Waals surface area (Å²) in [7, 11) is 0. The van der Waals surface area contributed by atoms with Gasteiger partial charge in [-0.05, 0) is 49.4 Å². The second-order valence-electron chi connectivity index (χ2n) is 8.19. The Morgan fingerprint density at radius 2 is 1.25 bits per heavy atom. The van der Waals surface area contributed by atoms with Crippen molar-refractivity contribution in [3.63, 3.8) is 0 Å². The molecule has 0 saturated heterocycles. The van der Waals surface area contributed by atoms with E-state index in [1.165, 1.54) is 11.1 Å². The Labute approximate surface area is 149 Å². The number of nitrogens with zero attached hydrogens (tertiary/aromatic N) is 3. The van der Waals surface area contributed by atoms with Gasteiger partial charge < -0.3 is 0 Å². The molecule has 0 aliphatic heterocycles. The van der Waals surface area contributed by atoms with Gasteiger partial charge in [0.25, 0.3) is 0 Å². The summed E-state index contributed by atoms with van der Waals surface area (Å²) in [6.45, 7) is 19.3. The maximum Gasteiger partial charge on any atom is 0.115 e. The van der Waals surface area contributed by atoms with Crippen molar-refractivity contribution in [3.8, 4) is 0 Å². The molecule has 0 aliphatic rings. The van der Waals surface area contributed by atoms with Crippen molar-refractivity contribution in [3.05, 3.63) is 52.9 Å². The van der Waals surface area contributed by atoms with Crippen LogP contribution in [0.3, 0.4) is 0 Å². The van der Waals surface area contributed by atoms with Crippen LogP contribution < -0.4 is 0 Å². The molecule has 134 valence electrons. The Hall–Kier alpha value is -1.77. The minimum atomic E-state index is 0. The fourth-order valence-corrected chi connectivity index (χ4v) is 2.30. The lowest BCUT2D eigenvalue weighted by molar-refractivity contribution is 0.565. The van der Waals surface area contributed by atoms with Gasteiger partial charge in [-0.3, -0.25) is 4.98 Å². The van der Waals surface area contributed by atoms with Crippen molar-refractivity contribution in [2.45, 2.75) is 80.6 Å². The predicted octanol–water partition coefficient (Wildman–Crippen LogP) is 5.71. The monoisotopic (exact) mass is 329 g/mol. The summed E-state index contributed by atoms with van der Waals surface area (Å²) in [6.07, 6.45) is 3.58. The van der Waals surface area contributed by atoms with Gasteiger partial charge in [0, 0.05) is 28.7 Å². The van der Waals surface area contributed by atoms with Gasteiger partial charge in [0.2, 0.25) is 0 Å². The number of hydrogen-bond acceptors (Lipinski definition) is 3. The van der Waals surface area contributed by atoms with Crippen LogP contribution in [0.1, 0.15) is 77.2 Å². The highest BCUT2D eigenvalue weighted by Crippen LogP contribution is 2.25. The molecule has 24 heavy (non-hydrogen) atoms. The molecular weight excluding hydrogens is 294 g/mol. The fraction of sp³-hybridized carbons (Fsp3) is 0.571. The van der Waals surface area contributed by atoms with Crippen LogP contribution in [0, 0.1) is 20.8 Å². The number of aromatic nitrogens is 3. The zero-order valence-electron chi connectivity index (χ0n) is 16.2. The Balaban J connectivity index is 0.000000425. The number of rotatable bonds is 0. The predicted molar refractivity (Wildman–Crippen MR) is 105 cm³/mol. The molecule has 3 nitrogen and oxygen atoms in total. The molecule has 0 aliphatic carbocycles. The van der Waals surface area contributed by atoms with Gasteiger partial charge in [0.1, 0.15) is 6.33 Å². The Kier molecular flexibility index (Phi) is 7.75. The molecule has 2 aromatic heterocycles. The molecule has 0 amide bonds. The molecule has 0 atom stereocenters. The molecule has 0 fully saturated rings. The molecule has 0 saturated carbocycles. The highest BCUT2D eigenvalue weighted by Gasteiger charge is 2.16. The maximum atomic E-state index is 4.25. The topological polar surface area (TPSA) is 38.7 Å². The Morgan fingerprint density at radius 3 is 1.62 bits per heavy atom. The molecule has 0 radical (unpaired) electrons. The normalized spacial score (nSPS) is 11.2. The van der Waals surface area contributed by atoms with E-state index in [-0.39, 0.29) is 18.3 Å². The van der Waals surface area contributed by atoms with Crippen molar-refractivity contribution in [1.29, 1.82) is 0 Å². The first-order valence-corrected chi connectivity index (χ1v) is 8.14. The zero-order valence-corrected chi connectivity index (χ0v) is 16.2. The summed E-state index contributed by atoms with van der Waals surface area (Å²) in [5, 5.41) is 0. The van der Waals surface area contributed by atoms with Gasteiger partial charge >= 0.3 is 0 Å². The Morgan fingerprint density at radius 1 is 0.708 bits per heavy atom. The van der Waals surface area contributed by atoms with Gasteiger partial charge in [-0.1, -0.05) is 49.0 Å². The van der Waals surface area contributed by atoms with Crippen LogP contribution in [0.4, 0.5) is 0 Å². The smallest absolute Gasteiger partial charge is 0.115 e. The fourth-order valence-electron chi connectivity index (χ4n) is 2.30. The molecule has 3 heteroatoms. The van der Waals surface area contributed by atoms with Gasteiger partial charge in [0.15, 0.2) is 0 Å². The first-order chi connectivity index (χ1) is 10.4. The Bertz CT molecular complexity index is 647. The minimum Gasteiger partial charge on any atom is -0.261 e. The summed E-state index contributed by atoms with van der Waals surface area (Å²) in [5.74, 6) is 0. The molecule has 2 rings (SSSR count).